The number of fused-ring (bicyclic) bond motifs is 1. The van der Waals surface area contributed by atoms with Crippen molar-refractivity contribution in [3.05, 3.63) is 41.5 Å². The third kappa shape index (κ3) is 2.36. The SMILES string of the molecule is CCn1cc(CNc2nc3ccc(F)cc3[nH]2)c(C)n1. The molecule has 2 aromatic heterocycles. The number of H-pyrrole nitrogens is 1. The van der Waals surface area contributed by atoms with Crippen molar-refractivity contribution in [1.82, 2.24) is 19.7 Å². The van der Waals surface area contributed by atoms with E-state index in [1.165, 1.54) is 12.1 Å². The van der Waals surface area contributed by atoms with E-state index in [2.05, 4.69) is 27.3 Å². The number of halogens is 1. The van der Waals surface area contributed by atoms with Crippen LogP contribution in [0.1, 0.15) is 18.2 Å². The maximum atomic E-state index is 13.1. The molecule has 2 N–H and O–H groups in total. The second kappa shape index (κ2) is 4.96. The van der Waals surface area contributed by atoms with Crippen LogP contribution in [-0.2, 0) is 13.1 Å². The Bertz CT molecular complexity index is 743. The van der Waals surface area contributed by atoms with Crippen LogP contribution < -0.4 is 5.32 Å². The molecule has 0 saturated heterocycles. The Balaban J connectivity index is 1.77. The van der Waals surface area contributed by atoms with Crippen molar-refractivity contribution in [2.24, 2.45) is 0 Å². The topological polar surface area (TPSA) is 58.5 Å². The molecule has 3 aromatic rings. The molecule has 6 heteroatoms. The van der Waals surface area contributed by atoms with Crippen molar-refractivity contribution >= 4 is 17.0 Å². The molecule has 0 spiro atoms. The van der Waals surface area contributed by atoms with Gasteiger partial charge in [-0.2, -0.15) is 5.10 Å². The molecule has 0 fully saturated rings. The lowest BCUT2D eigenvalue weighted by atomic mass is 10.3. The van der Waals surface area contributed by atoms with E-state index >= 15 is 0 Å². The zero-order valence-corrected chi connectivity index (χ0v) is 11.4. The molecule has 20 heavy (non-hydrogen) atoms. The first-order valence-corrected chi connectivity index (χ1v) is 6.58. The summed E-state index contributed by atoms with van der Waals surface area (Å²) in [5.74, 6) is 0.363. The predicted octanol–water partition coefficient (Wildman–Crippen LogP) is 2.84. The molecule has 2 heterocycles. The molecule has 0 aliphatic rings. The van der Waals surface area contributed by atoms with E-state index in [9.17, 15) is 4.39 Å². The monoisotopic (exact) mass is 273 g/mol. The molecule has 1 aromatic carbocycles. The highest BCUT2D eigenvalue weighted by atomic mass is 19.1. The molecule has 5 nitrogen and oxygen atoms in total. The van der Waals surface area contributed by atoms with E-state index in [0.717, 1.165) is 23.3 Å². The number of nitrogens with one attached hydrogen (secondary N) is 2. The standard InChI is InChI=1S/C14H16FN5/c1-3-20-8-10(9(2)19-20)7-16-14-17-12-5-4-11(15)6-13(12)18-14/h4-6,8H,3,7H2,1-2H3,(H2,16,17,18). The summed E-state index contributed by atoms with van der Waals surface area (Å²) in [5.41, 5.74) is 3.56. The number of aryl methyl sites for hydroxylation is 2. The number of hydrogen-bond donors (Lipinski definition) is 2. The predicted molar refractivity (Wildman–Crippen MR) is 76.0 cm³/mol. The van der Waals surface area contributed by atoms with Crippen molar-refractivity contribution in [3.8, 4) is 0 Å². The van der Waals surface area contributed by atoms with Gasteiger partial charge in [0.2, 0.25) is 5.95 Å². The van der Waals surface area contributed by atoms with Gasteiger partial charge in [-0.15, -0.1) is 0 Å². The Morgan fingerprint density at radius 2 is 2.25 bits per heavy atom. The van der Waals surface area contributed by atoms with Crippen LogP contribution in [0.3, 0.4) is 0 Å². The molecule has 0 radical (unpaired) electrons. The summed E-state index contributed by atoms with van der Waals surface area (Å²) < 4.78 is 15.0. The number of benzene rings is 1. The lowest BCUT2D eigenvalue weighted by molar-refractivity contribution is 0.629. The van der Waals surface area contributed by atoms with Crippen LogP contribution in [0, 0.1) is 12.7 Å². The van der Waals surface area contributed by atoms with Gasteiger partial charge in [-0.3, -0.25) is 4.68 Å². The highest BCUT2D eigenvalue weighted by Crippen LogP contribution is 2.16. The maximum Gasteiger partial charge on any atom is 0.201 e. The number of imidazole rings is 1. The molecular formula is C14H16FN5. The molecule has 0 atom stereocenters. The fraction of sp³-hybridized carbons (Fsp3) is 0.286. The number of anilines is 1. The van der Waals surface area contributed by atoms with Crippen LogP contribution in [0.5, 0.6) is 0 Å². The number of aromatic amines is 1. The minimum Gasteiger partial charge on any atom is -0.352 e. The largest absolute Gasteiger partial charge is 0.352 e. The first-order chi connectivity index (χ1) is 9.65. The van der Waals surface area contributed by atoms with Crippen LogP contribution in [0.4, 0.5) is 10.3 Å². The highest BCUT2D eigenvalue weighted by Gasteiger charge is 2.06. The third-order valence-corrected chi connectivity index (χ3v) is 3.26. The summed E-state index contributed by atoms with van der Waals surface area (Å²) in [6, 6.07) is 4.50. The Morgan fingerprint density at radius 1 is 1.40 bits per heavy atom. The molecule has 104 valence electrons. The van der Waals surface area contributed by atoms with Gasteiger partial charge >= 0.3 is 0 Å². The van der Waals surface area contributed by atoms with Gasteiger partial charge in [-0.05, 0) is 32.0 Å². The minimum atomic E-state index is -0.271. The van der Waals surface area contributed by atoms with Crippen LogP contribution in [0.15, 0.2) is 24.4 Å². The summed E-state index contributed by atoms with van der Waals surface area (Å²) in [6.45, 7) is 5.52. The normalized spacial score (nSPS) is 11.2. The summed E-state index contributed by atoms with van der Waals surface area (Å²) in [6.07, 6.45) is 2.02. The molecule has 0 unspecified atom stereocenters. The lowest BCUT2D eigenvalue weighted by Gasteiger charge is -2.00. The number of aromatic nitrogens is 4. The summed E-state index contributed by atoms with van der Waals surface area (Å²) >= 11 is 0. The van der Waals surface area contributed by atoms with Crippen molar-refractivity contribution in [3.63, 3.8) is 0 Å². The Labute approximate surface area is 115 Å². The smallest absolute Gasteiger partial charge is 0.201 e. The van der Waals surface area contributed by atoms with Gasteiger partial charge in [0.1, 0.15) is 5.82 Å². The maximum absolute atomic E-state index is 13.1. The average molecular weight is 273 g/mol. The van der Waals surface area contributed by atoms with Crippen molar-refractivity contribution in [1.29, 1.82) is 0 Å². The average Bonchev–Trinajstić information content (AvgIpc) is 2.99. The van der Waals surface area contributed by atoms with Crippen molar-refractivity contribution in [2.75, 3.05) is 5.32 Å². The van der Waals surface area contributed by atoms with Gasteiger partial charge in [0.25, 0.3) is 0 Å². The summed E-state index contributed by atoms with van der Waals surface area (Å²) in [7, 11) is 0. The second-order valence-electron chi connectivity index (χ2n) is 4.70. The van der Waals surface area contributed by atoms with Crippen molar-refractivity contribution < 1.29 is 4.39 Å². The van der Waals surface area contributed by atoms with Crippen LogP contribution in [0.25, 0.3) is 11.0 Å². The number of nitrogens with zero attached hydrogens (tertiary/aromatic N) is 3. The zero-order valence-electron chi connectivity index (χ0n) is 11.4. The van der Waals surface area contributed by atoms with E-state index < -0.39 is 0 Å². The quantitative estimate of drug-likeness (QED) is 0.768. The first kappa shape index (κ1) is 12.7. The van der Waals surface area contributed by atoms with Gasteiger partial charge in [-0.1, -0.05) is 0 Å². The fourth-order valence-electron chi connectivity index (χ4n) is 2.14. The molecular weight excluding hydrogens is 257 g/mol. The van der Waals surface area contributed by atoms with Crippen LogP contribution >= 0.6 is 0 Å². The first-order valence-electron chi connectivity index (χ1n) is 6.58. The van der Waals surface area contributed by atoms with Gasteiger partial charge in [0.15, 0.2) is 0 Å². The lowest BCUT2D eigenvalue weighted by Crippen LogP contribution is -2.01. The van der Waals surface area contributed by atoms with Crippen LogP contribution in [0.2, 0.25) is 0 Å². The molecule has 3 rings (SSSR count). The Kier molecular flexibility index (Phi) is 3.14. The van der Waals surface area contributed by atoms with Crippen molar-refractivity contribution in [2.45, 2.75) is 26.9 Å². The molecule has 0 bridgehead atoms. The number of hydrogen-bond acceptors (Lipinski definition) is 3. The Hall–Kier alpha value is -2.37. The minimum absolute atomic E-state index is 0.271. The van der Waals surface area contributed by atoms with Crippen LogP contribution in [-0.4, -0.2) is 19.7 Å². The van der Waals surface area contributed by atoms with E-state index in [1.807, 2.05) is 17.8 Å². The van der Waals surface area contributed by atoms with Gasteiger partial charge < -0.3 is 10.3 Å². The molecule has 0 aliphatic carbocycles. The zero-order chi connectivity index (χ0) is 14.1. The molecule has 0 amide bonds. The summed E-state index contributed by atoms with van der Waals surface area (Å²) in [4.78, 5) is 7.42. The molecule has 0 aliphatic heterocycles. The van der Waals surface area contributed by atoms with E-state index in [4.69, 9.17) is 0 Å². The van der Waals surface area contributed by atoms with E-state index in [-0.39, 0.29) is 5.82 Å². The second-order valence-corrected chi connectivity index (χ2v) is 4.70. The van der Waals surface area contributed by atoms with Gasteiger partial charge in [0, 0.05) is 24.8 Å². The summed E-state index contributed by atoms with van der Waals surface area (Å²) in [5, 5.41) is 7.60. The van der Waals surface area contributed by atoms with Gasteiger partial charge in [0.05, 0.1) is 16.7 Å². The molecule has 0 saturated carbocycles. The highest BCUT2D eigenvalue weighted by molar-refractivity contribution is 5.77. The van der Waals surface area contributed by atoms with E-state index in [0.29, 0.717) is 18.0 Å². The fourth-order valence-corrected chi connectivity index (χ4v) is 2.14. The van der Waals surface area contributed by atoms with Gasteiger partial charge in [-0.25, -0.2) is 9.37 Å². The van der Waals surface area contributed by atoms with E-state index in [1.54, 1.807) is 6.07 Å². The Morgan fingerprint density at radius 3 is 3.00 bits per heavy atom. The third-order valence-electron chi connectivity index (χ3n) is 3.26. The number of rotatable bonds is 4.